The van der Waals surface area contributed by atoms with Gasteiger partial charge in [-0.25, -0.2) is 14.7 Å². The Morgan fingerprint density at radius 3 is 2.60 bits per heavy atom. The number of alkyl halides is 3. The number of halogens is 4. The van der Waals surface area contributed by atoms with Gasteiger partial charge in [0.05, 0.1) is 23.7 Å². The summed E-state index contributed by atoms with van der Waals surface area (Å²) < 4.78 is 47.7. The number of hydrogen-bond donors (Lipinski definition) is 3. The van der Waals surface area contributed by atoms with Gasteiger partial charge < -0.3 is 25.2 Å². The normalized spacial score (nSPS) is 15.0. The maximum atomic E-state index is 12.8. The Bertz CT molecular complexity index is 1700. The number of aliphatic hydroxyl groups is 1. The van der Waals surface area contributed by atoms with Crippen molar-refractivity contribution in [1.29, 1.82) is 0 Å². The highest BCUT2D eigenvalue weighted by molar-refractivity contribution is 8.15. The molecule has 3 N–H and O–H groups in total. The molecule has 45 heavy (non-hydrogen) atoms. The molecule has 4 aromatic rings. The van der Waals surface area contributed by atoms with E-state index in [4.69, 9.17) is 16.3 Å². The minimum atomic E-state index is -4.77. The molecule has 16 heteroatoms. The third kappa shape index (κ3) is 8.25. The molecule has 5 rings (SSSR count). The fourth-order valence-corrected chi connectivity index (χ4v) is 5.50. The standard InChI is InChI=1S/C29H27ClF3N7O4S/c1-17-3-4-19(14-43-2)24(11-17)40-25(41)15-45-28(40)37-27(42)36-20-6-5-18(23(30)12-20)13-34-26-35-16-39(38-26)21-7-9-22(10-8-21)44-29(31,32)33/h3-12,16,27,36,42H,13-15H2,1-2H3,(H,34,38). The molecule has 3 aromatic carbocycles. The van der Waals surface area contributed by atoms with E-state index in [0.29, 0.717) is 39.4 Å². The van der Waals surface area contributed by atoms with Crippen LogP contribution < -0.4 is 20.3 Å². The number of aromatic nitrogens is 3. The molecule has 236 valence electrons. The van der Waals surface area contributed by atoms with Gasteiger partial charge in [0.25, 0.3) is 0 Å². The molecule has 0 aliphatic carbocycles. The van der Waals surface area contributed by atoms with Crippen molar-refractivity contribution in [3.63, 3.8) is 0 Å². The molecule has 1 fully saturated rings. The number of benzene rings is 3. The van der Waals surface area contributed by atoms with E-state index in [2.05, 4.69) is 30.4 Å². The number of nitrogens with zero attached hydrogens (tertiary/aromatic N) is 5. The second kappa shape index (κ2) is 13.8. The van der Waals surface area contributed by atoms with Gasteiger partial charge in [0.2, 0.25) is 18.2 Å². The number of carbonyl (C=O) groups is 1. The molecule has 1 aliphatic heterocycles. The summed E-state index contributed by atoms with van der Waals surface area (Å²) in [5.41, 5.74) is 4.14. The number of aliphatic hydroxyl groups excluding tert-OH is 1. The van der Waals surface area contributed by atoms with E-state index in [1.165, 1.54) is 51.9 Å². The summed E-state index contributed by atoms with van der Waals surface area (Å²) in [4.78, 5) is 22.8. The van der Waals surface area contributed by atoms with Gasteiger partial charge in [-0.1, -0.05) is 41.6 Å². The first-order valence-corrected chi connectivity index (χ1v) is 14.7. The Kier molecular flexibility index (Phi) is 9.82. The molecule has 1 saturated heterocycles. The van der Waals surface area contributed by atoms with Gasteiger partial charge >= 0.3 is 6.36 Å². The number of aliphatic imine (C=N–C) groups is 1. The maximum absolute atomic E-state index is 12.8. The zero-order chi connectivity index (χ0) is 32.1. The van der Waals surface area contributed by atoms with Crippen molar-refractivity contribution in [3.05, 3.63) is 88.7 Å². The number of methoxy groups -OCH3 is 1. The van der Waals surface area contributed by atoms with Gasteiger partial charge in [-0.15, -0.1) is 18.3 Å². The number of thioether (sulfide) groups is 1. The number of carbonyl (C=O) groups excluding carboxylic acids is 1. The Morgan fingerprint density at radius 1 is 1.13 bits per heavy atom. The van der Waals surface area contributed by atoms with E-state index in [9.17, 15) is 23.1 Å². The van der Waals surface area contributed by atoms with Crippen molar-refractivity contribution in [1.82, 2.24) is 14.8 Å². The summed E-state index contributed by atoms with van der Waals surface area (Å²) in [5, 5.41) is 21.7. The molecule has 1 atom stereocenters. The van der Waals surface area contributed by atoms with E-state index < -0.39 is 12.7 Å². The van der Waals surface area contributed by atoms with Crippen molar-refractivity contribution in [3.8, 4) is 11.4 Å². The summed E-state index contributed by atoms with van der Waals surface area (Å²) in [7, 11) is 1.58. The maximum Gasteiger partial charge on any atom is 0.573 e. The number of anilines is 3. The van der Waals surface area contributed by atoms with Crippen molar-refractivity contribution in [2.24, 2.45) is 4.99 Å². The Labute approximate surface area is 265 Å². The van der Waals surface area contributed by atoms with Crippen LogP contribution in [0.2, 0.25) is 5.02 Å². The molecule has 1 aromatic heterocycles. The van der Waals surface area contributed by atoms with E-state index in [0.717, 1.165) is 11.1 Å². The Morgan fingerprint density at radius 2 is 1.89 bits per heavy atom. The lowest BCUT2D eigenvalue weighted by Gasteiger charge is -2.21. The minimum Gasteiger partial charge on any atom is -0.406 e. The molecule has 0 radical (unpaired) electrons. The molecular weight excluding hydrogens is 635 g/mol. The summed E-state index contributed by atoms with van der Waals surface area (Å²) in [6.07, 6.45) is -4.72. The minimum absolute atomic E-state index is 0.151. The lowest BCUT2D eigenvalue weighted by atomic mass is 10.1. The summed E-state index contributed by atoms with van der Waals surface area (Å²) in [6.45, 7) is 2.50. The molecular formula is C29H27ClF3N7O4S. The SMILES string of the molecule is COCc1ccc(C)cc1N1C(=O)CSC1=NC(O)Nc1ccc(CNc2ncn(-c3ccc(OC(F)(F)F)cc3)n2)c(Cl)c1. The third-order valence-electron chi connectivity index (χ3n) is 6.39. The Hall–Kier alpha value is -4.31. The van der Waals surface area contributed by atoms with Crippen molar-refractivity contribution < 1.29 is 32.5 Å². The summed E-state index contributed by atoms with van der Waals surface area (Å²) in [5.74, 6) is -0.0342. The predicted molar refractivity (Wildman–Crippen MR) is 166 cm³/mol. The van der Waals surface area contributed by atoms with Crippen molar-refractivity contribution in [2.75, 3.05) is 28.4 Å². The van der Waals surface area contributed by atoms with Crippen LogP contribution in [0.1, 0.15) is 16.7 Å². The molecule has 1 unspecified atom stereocenters. The van der Waals surface area contributed by atoms with Gasteiger partial charge in [0.1, 0.15) is 12.1 Å². The number of rotatable bonds is 11. The number of amides is 1. The van der Waals surface area contributed by atoms with E-state index >= 15 is 0 Å². The van der Waals surface area contributed by atoms with Crippen LogP contribution in [0.15, 0.2) is 72.0 Å². The third-order valence-corrected chi connectivity index (χ3v) is 7.68. The predicted octanol–water partition coefficient (Wildman–Crippen LogP) is 5.71. The number of hydrogen-bond acceptors (Lipinski definition) is 10. The zero-order valence-electron chi connectivity index (χ0n) is 23.9. The first kappa shape index (κ1) is 32.1. The topological polar surface area (TPSA) is 126 Å². The van der Waals surface area contributed by atoms with E-state index in [1.54, 1.807) is 25.3 Å². The number of ether oxygens (including phenoxy) is 2. The van der Waals surface area contributed by atoms with E-state index in [-0.39, 0.29) is 29.9 Å². The van der Waals surface area contributed by atoms with Gasteiger partial charge in [-0.3, -0.25) is 9.69 Å². The largest absolute Gasteiger partial charge is 0.573 e. The van der Waals surface area contributed by atoms with Crippen LogP contribution in [0.3, 0.4) is 0 Å². The monoisotopic (exact) mass is 661 g/mol. The highest BCUT2D eigenvalue weighted by atomic mass is 35.5. The number of nitrogens with one attached hydrogen (secondary N) is 2. The van der Waals surface area contributed by atoms with Crippen LogP contribution >= 0.6 is 23.4 Å². The van der Waals surface area contributed by atoms with Crippen LogP contribution in [-0.4, -0.2) is 56.5 Å². The molecule has 1 aliphatic rings. The molecule has 2 heterocycles. The molecule has 1 amide bonds. The lowest BCUT2D eigenvalue weighted by molar-refractivity contribution is -0.274. The Balaban J connectivity index is 1.20. The molecule has 11 nitrogen and oxygen atoms in total. The highest BCUT2D eigenvalue weighted by Crippen LogP contribution is 2.32. The first-order chi connectivity index (χ1) is 21.5. The molecule has 0 bridgehead atoms. The quantitative estimate of drug-likeness (QED) is 0.173. The first-order valence-electron chi connectivity index (χ1n) is 13.4. The van der Waals surface area contributed by atoms with Gasteiger partial charge in [-0.05, 0) is 60.5 Å². The second-order valence-corrected chi connectivity index (χ2v) is 11.1. The van der Waals surface area contributed by atoms with Crippen LogP contribution in [-0.2, 0) is 22.7 Å². The second-order valence-electron chi connectivity index (χ2n) is 9.73. The van der Waals surface area contributed by atoms with Crippen LogP contribution in [0.5, 0.6) is 5.75 Å². The van der Waals surface area contributed by atoms with Crippen LogP contribution in [0.25, 0.3) is 5.69 Å². The summed E-state index contributed by atoms with van der Waals surface area (Å²) >= 11 is 7.72. The molecule has 0 saturated carbocycles. The van der Waals surface area contributed by atoms with Crippen LogP contribution in [0.4, 0.5) is 30.5 Å². The van der Waals surface area contributed by atoms with Gasteiger partial charge in [0, 0.05) is 29.9 Å². The highest BCUT2D eigenvalue weighted by Gasteiger charge is 2.32. The fourth-order valence-electron chi connectivity index (χ4n) is 4.36. The summed E-state index contributed by atoms with van der Waals surface area (Å²) in [6, 6.07) is 16.0. The van der Waals surface area contributed by atoms with Gasteiger partial charge in [0.15, 0.2) is 5.17 Å². The van der Waals surface area contributed by atoms with Crippen molar-refractivity contribution >= 4 is 51.8 Å². The smallest absolute Gasteiger partial charge is 0.406 e. The molecule has 0 spiro atoms. The number of aryl methyl sites for hydroxylation is 1. The average molecular weight is 662 g/mol. The van der Waals surface area contributed by atoms with Crippen LogP contribution in [0, 0.1) is 6.92 Å². The average Bonchev–Trinajstić information content (AvgIpc) is 3.59. The van der Waals surface area contributed by atoms with Gasteiger partial charge in [-0.2, -0.15) is 0 Å². The fraction of sp³-hybridized carbons (Fsp3) is 0.241. The van der Waals surface area contributed by atoms with Crippen molar-refractivity contribution in [2.45, 2.75) is 32.8 Å². The lowest BCUT2D eigenvalue weighted by Crippen LogP contribution is -2.32. The zero-order valence-corrected chi connectivity index (χ0v) is 25.5. The number of amidine groups is 1. The van der Waals surface area contributed by atoms with E-state index in [1.807, 2.05) is 25.1 Å².